The van der Waals surface area contributed by atoms with Gasteiger partial charge < -0.3 is 20.1 Å². The Labute approximate surface area is 140 Å². The second-order valence-corrected chi connectivity index (χ2v) is 6.42. The maximum atomic E-state index is 12.7. The molecule has 8 nitrogen and oxygen atoms in total. The summed E-state index contributed by atoms with van der Waals surface area (Å²) in [5.41, 5.74) is 5.52. The first-order valence-corrected chi connectivity index (χ1v) is 8.34. The minimum Gasteiger partial charge on any atom is -0.381 e. The van der Waals surface area contributed by atoms with E-state index in [1.54, 1.807) is 22.0 Å². The van der Waals surface area contributed by atoms with Gasteiger partial charge in [-0.25, -0.2) is 0 Å². The Bertz CT molecular complexity index is 617. The predicted octanol–water partition coefficient (Wildman–Crippen LogP) is -0.116. The fraction of sp³-hybridized carbons (Fsp3) is 0.688. The maximum absolute atomic E-state index is 12.7. The summed E-state index contributed by atoms with van der Waals surface area (Å²) in [6.07, 6.45) is 3.85. The van der Waals surface area contributed by atoms with Gasteiger partial charge in [-0.2, -0.15) is 5.10 Å². The van der Waals surface area contributed by atoms with E-state index in [0.717, 1.165) is 0 Å². The summed E-state index contributed by atoms with van der Waals surface area (Å²) in [4.78, 5) is 26.5. The molecule has 1 aromatic heterocycles. The Morgan fingerprint density at radius 3 is 3.08 bits per heavy atom. The molecule has 2 aliphatic heterocycles. The van der Waals surface area contributed by atoms with Gasteiger partial charge in [0.2, 0.25) is 5.91 Å². The molecule has 2 amide bonds. The van der Waals surface area contributed by atoms with Gasteiger partial charge in [-0.05, 0) is 13.3 Å². The van der Waals surface area contributed by atoms with Crippen molar-refractivity contribution >= 4 is 11.8 Å². The number of fused-ring (bicyclic) bond motifs is 1. The number of hydrogen-bond acceptors (Lipinski definition) is 5. The molecule has 3 rings (SSSR count). The van der Waals surface area contributed by atoms with Crippen LogP contribution in [0.15, 0.2) is 12.4 Å². The van der Waals surface area contributed by atoms with Crippen LogP contribution in [-0.4, -0.2) is 66.0 Å². The molecule has 2 fully saturated rings. The molecule has 0 unspecified atom stereocenters. The van der Waals surface area contributed by atoms with Crippen molar-refractivity contribution in [1.82, 2.24) is 14.7 Å². The lowest BCUT2D eigenvalue weighted by Crippen LogP contribution is -2.48. The van der Waals surface area contributed by atoms with E-state index in [0.29, 0.717) is 58.0 Å². The highest BCUT2D eigenvalue weighted by Gasteiger charge is 2.53. The molecule has 132 valence electrons. The molecule has 2 N–H and O–H groups in total. The van der Waals surface area contributed by atoms with Crippen LogP contribution in [0.2, 0.25) is 0 Å². The van der Waals surface area contributed by atoms with Gasteiger partial charge in [0.05, 0.1) is 36.9 Å². The highest BCUT2D eigenvalue weighted by molar-refractivity contribution is 5.95. The van der Waals surface area contributed by atoms with E-state index in [1.807, 2.05) is 6.92 Å². The van der Waals surface area contributed by atoms with Crippen molar-refractivity contribution in [3.63, 3.8) is 0 Å². The smallest absolute Gasteiger partial charge is 0.257 e. The SMILES string of the molecule is CCOCCn1cc(C(=O)N2C[C@@H]3COCC[C@]3(C(N)=O)C2)cn1. The zero-order chi connectivity index (χ0) is 17.2. The summed E-state index contributed by atoms with van der Waals surface area (Å²) in [7, 11) is 0. The number of aromatic nitrogens is 2. The van der Waals surface area contributed by atoms with Crippen molar-refractivity contribution in [2.75, 3.05) is 39.5 Å². The normalized spacial score (nSPS) is 26.4. The molecule has 3 heterocycles. The van der Waals surface area contributed by atoms with Gasteiger partial charge in [-0.3, -0.25) is 14.3 Å². The monoisotopic (exact) mass is 336 g/mol. The van der Waals surface area contributed by atoms with Crippen molar-refractivity contribution < 1.29 is 19.1 Å². The molecule has 2 aliphatic rings. The second-order valence-electron chi connectivity index (χ2n) is 6.42. The molecule has 1 aromatic rings. The zero-order valence-electron chi connectivity index (χ0n) is 13.9. The largest absolute Gasteiger partial charge is 0.381 e. The van der Waals surface area contributed by atoms with Crippen LogP contribution in [0.5, 0.6) is 0 Å². The summed E-state index contributed by atoms with van der Waals surface area (Å²) in [5, 5.41) is 4.20. The summed E-state index contributed by atoms with van der Waals surface area (Å²) >= 11 is 0. The molecule has 0 bridgehead atoms. The lowest BCUT2D eigenvalue weighted by atomic mass is 9.74. The number of hydrogen-bond donors (Lipinski definition) is 1. The highest BCUT2D eigenvalue weighted by atomic mass is 16.5. The van der Waals surface area contributed by atoms with E-state index in [4.69, 9.17) is 15.2 Å². The number of rotatable bonds is 6. The van der Waals surface area contributed by atoms with Crippen LogP contribution >= 0.6 is 0 Å². The van der Waals surface area contributed by atoms with Crippen molar-refractivity contribution in [2.24, 2.45) is 17.1 Å². The molecule has 2 saturated heterocycles. The first-order valence-electron chi connectivity index (χ1n) is 8.34. The van der Waals surface area contributed by atoms with Gasteiger partial charge in [-0.15, -0.1) is 0 Å². The van der Waals surface area contributed by atoms with Gasteiger partial charge in [-0.1, -0.05) is 0 Å². The summed E-state index contributed by atoms with van der Waals surface area (Å²) < 4.78 is 12.5. The molecule has 2 atom stereocenters. The average molecular weight is 336 g/mol. The number of nitrogens with zero attached hydrogens (tertiary/aromatic N) is 3. The number of carbonyl (C=O) groups excluding carboxylic acids is 2. The van der Waals surface area contributed by atoms with Crippen LogP contribution in [0.4, 0.5) is 0 Å². The van der Waals surface area contributed by atoms with Crippen molar-refractivity contribution in [2.45, 2.75) is 19.9 Å². The van der Waals surface area contributed by atoms with Crippen LogP contribution in [0.25, 0.3) is 0 Å². The third-order valence-electron chi connectivity index (χ3n) is 5.03. The van der Waals surface area contributed by atoms with E-state index in [1.165, 1.54) is 0 Å². The molecule has 0 spiro atoms. The minimum atomic E-state index is -0.654. The van der Waals surface area contributed by atoms with Crippen LogP contribution in [0, 0.1) is 11.3 Å². The lowest BCUT2D eigenvalue weighted by Gasteiger charge is -2.34. The Kier molecular flexibility index (Phi) is 4.86. The molecule has 0 radical (unpaired) electrons. The lowest BCUT2D eigenvalue weighted by molar-refractivity contribution is -0.135. The summed E-state index contributed by atoms with van der Waals surface area (Å²) in [6, 6.07) is 0. The number of likely N-dealkylation sites (tertiary alicyclic amines) is 1. The van der Waals surface area contributed by atoms with E-state index in [-0.39, 0.29) is 17.7 Å². The Morgan fingerprint density at radius 1 is 1.54 bits per heavy atom. The molecular weight excluding hydrogens is 312 g/mol. The van der Waals surface area contributed by atoms with Gasteiger partial charge in [0.1, 0.15) is 0 Å². The fourth-order valence-corrected chi connectivity index (χ4v) is 3.59. The fourth-order valence-electron chi connectivity index (χ4n) is 3.59. The third-order valence-corrected chi connectivity index (χ3v) is 5.03. The van der Waals surface area contributed by atoms with Gasteiger partial charge in [0.15, 0.2) is 0 Å². The Morgan fingerprint density at radius 2 is 2.38 bits per heavy atom. The Hall–Kier alpha value is -1.93. The highest BCUT2D eigenvalue weighted by Crippen LogP contribution is 2.42. The average Bonchev–Trinajstić information content (AvgIpc) is 3.19. The van der Waals surface area contributed by atoms with Crippen molar-refractivity contribution in [1.29, 1.82) is 0 Å². The topological polar surface area (TPSA) is 99.7 Å². The quantitative estimate of drug-likeness (QED) is 0.730. The molecule has 8 heteroatoms. The van der Waals surface area contributed by atoms with Crippen LogP contribution in [0.3, 0.4) is 0 Å². The molecule has 0 aliphatic carbocycles. The maximum Gasteiger partial charge on any atom is 0.257 e. The summed E-state index contributed by atoms with van der Waals surface area (Å²) in [6.45, 7) is 5.58. The van der Waals surface area contributed by atoms with Gasteiger partial charge in [0, 0.05) is 38.4 Å². The van der Waals surface area contributed by atoms with E-state index < -0.39 is 5.41 Å². The molecular formula is C16H24N4O4. The molecule has 0 saturated carbocycles. The number of amides is 2. The van der Waals surface area contributed by atoms with E-state index >= 15 is 0 Å². The number of carbonyl (C=O) groups is 2. The van der Waals surface area contributed by atoms with Crippen LogP contribution in [0.1, 0.15) is 23.7 Å². The number of nitrogens with two attached hydrogens (primary N) is 1. The third kappa shape index (κ3) is 3.03. The van der Waals surface area contributed by atoms with Crippen molar-refractivity contribution in [3.05, 3.63) is 18.0 Å². The van der Waals surface area contributed by atoms with Crippen LogP contribution < -0.4 is 5.73 Å². The van der Waals surface area contributed by atoms with Gasteiger partial charge in [0.25, 0.3) is 5.91 Å². The Balaban J connectivity index is 1.69. The first kappa shape index (κ1) is 16.9. The standard InChI is InChI=1S/C16H24N4O4/c1-2-23-6-4-20-8-12(7-18-20)14(21)19-9-13-10-24-5-3-16(13,11-19)15(17)22/h7-8,13H,2-6,9-11H2,1H3,(H2,17,22)/t13-,16+/m1/s1. The number of primary amides is 1. The minimum absolute atomic E-state index is 0.0271. The van der Waals surface area contributed by atoms with E-state index in [9.17, 15) is 9.59 Å². The second kappa shape index (κ2) is 6.90. The van der Waals surface area contributed by atoms with Crippen molar-refractivity contribution in [3.8, 4) is 0 Å². The van der Waals surface area contributed by atoms with Gasteiger partial charge >= 0.3 is 0 Å². The van der Waals surface area contributed by atoms with Crippen LogP contribution in [-0.2, 0) is 20.8 Å². The predicted molar refractivity (Wildman–Crippen MR) is 85.2 cm³/mol. The van der Waals surface area contributed by atoms with E-state index in [2.05, 4.69) is 5.10 Å². The molecule has 0 aromatic carbocycles. The number of ether oxygens (including phenoxy) is 2. The summed E-state index contributed by atoms with van der Waals surface area (Å²) in [5.74, 6) is -0.480. The molecule has 24 heavy (non-hydrogen) atoms. The zero-order valence-corrected chi connectivity index (χ0v) is 13.9. The first-order chi connectivity index (χ1) is 11.6.